The van der Waals surface area contributed by atoms with Gasteiger partial charge in [-0.3, -0.25) is 9.59 Å². The van der Waals surface area contributed by atoms with Crippen LogP contribution in [0.5, 0.6) is 0 Å². The molecule has 8 heteroatoms. The lowest BCUT2D eigenvalue weighted by molar-refractivity contribution is -0.147. The Morgan fingerprint density at radius 2 is 1.79 bits per heavy atom. The number of anilines is 1. The lowest BCUT2D eigenvalue weighted by Crippen LogP contribution is -2.21. The highest BCUT2D eigenvalue weighted by Crippen LogP contribution is 2.23. The molecule has 1 N–H and O–H groups in total. The van der Waals surface area contributed by atoms with E-state index in [-0.39, 0.29) is 12.8 Å². The maximum absolute atomic E-state index is 11.9. The summed E-state index contributed by atoms with van der Waals surface area (Å²) >= 11 is 11.7. The van der Waals surface area contributed by atoms with E-state index in [2.05, 4.69) is 10.3 Å². The molecule has 0 aliphatic carbocycles. The topological polar surface area (TPSA) is 81.4 Å². The Morgan fingerprint density at radius 1 is 1.10 bits per heavy atom. The predicted molar refractivity (Wildman–Crippen MR) is 111 cm³/mol. The van der Waals surface area contributed by atoms with Gasteiger partial charge in [-0.1, -0.05) is 53.0 Å². The van der Waals surface area contributed by atoms with Crippen molar-refractivity contribution in [2.75, 3.05) is 11.9 Å². The summed E-state index contributed by atoms with van der Waals surface area (Å²) in [4.78, 5) is 28.0. The maximum atomic E-state index is 11.9. The number of nitrogens with one attached hydrogen (secondary N) is 1. The number of amides is 1. The first kappa shape index (κ1) is 20.9. The Bertz CT molecular complexity index is 996. The third-order valence-electron chi connectivity index (χ3n) is 3.94. The smallest absolute Gasteiger partial charge is 0.306 e. The fourth-order valence-corrected chi connectivity index (χ4v) is 3.05. The van der Waals surface area contributed by atoms with Gasteiger partial charge in [-0.25, -0.2) is 4.98 Å². The van der Waals surface area contributed by atoms with Crippen LogP contribution in [0.15, 0.2) is 53.1 Å². The quantitative estimate of drug-likeness (QED) is 0.526. The fraction of sp³-hybridized carbons (Fsp3) is 0.190. The van der Waals surface area contributed by atoms with Crippen LogP contribution in [0.3, 0.4) is 0 Å². The van der Waals surface area contributed by atoms with E-state index in [9.17, 15) is 9.59 Å². The van der Waals surface area contributed by atoms with Gasteiger partial charge < -0.3 is 14.5 Å². The molecule has 0 radical (unpaired) electrons. The number of aryl methyl sites for hydroxylation is 2. The lowest BCUT2D eigenvalue weighted by atomic mass is 10.1. The molecule has 0 bridgehead atoms. The van der Waals surface area contributed by atoms with Gasteiger partial charge in [0.1, 0.15) is 0 Å². The summed E-state index contributed by atoms with van der Waals surface area (Å²) in [5.74, 6) is 0.0392. The molecule has 0 spiro atoms. The first-order chi connectivity index (χ1) is 13.9. The lowest BCUT2D eigenvalue weighted by Gasteiger charge is -2.07. The second-order valence-electron chi connectivity index (χ2n) is 6.35. The van der Waals surface area contributed by atoms with Gasteiger partial charge in [0.2, 0.25) is 0 Å². The zero-order valence-electron chi connectivity index (χ0n) is 15.6. The highest BCUT2D eigenvalue weighted by Gasteiger charge is 2.12. The average molecular weight is 433 g/mol. The molecule has 6 nitrogen and oxygen atoms in total. The monoisotopic (exact) mass is 432 g/mol. The van der Waals surface area contributed by atoms with Crippen LogP contribution in [0.25, 0.3) is 11.3 Å². The van der Waals surface area contributed by atoms with Crippen molar-refractivity contribution < 1.29 is 18.7 Å². The summed E-state index contributed by atoms with van der Waals surface area (Å²) in [5.41, 5.74) is 2.49. The summed E-state index contributed by atoms with van der Waals surface area (Å²) in [6.45, 7) is 1.59. The van der Waals surface area contributed by atoms with Crippen molar-refractivity contribution >= 4 is 40.8 Å². The Balaban J connectivity index is 1.44. The molecule has 0 unspecified atom stereocenters. The third kappa shape index (κ3) is 6.34. The van der Waals surface area contributed by atoms with Crippen molar-refractivity contribution in [3.63, 3.8) is 0 Å². The van der Waals surface area contributed by atoms with E-state index in [0.717, 1.165) is 11.1 Å². The summed E-state index contributed by atoms with van der Waals surface area (Å²) < 4.78 is 10.6. The summed E-state index contributed by atoms with van der Waals surface area (Å²) in [6.07, 6.45) is 1.94. The standard InChI is InChI=1S/C21H18Cl2N2O4/c1-13-2-4-14(5-3-13)18-11-24-20(29-18)6-7-21(27)28-12-19(26)25-17-9-15(22)8-16(23)10-17/h2-5,8-11H,6-7,12H2,1H3,(H,25,26). The minimum atomic E-state index is -0.528. The molecule has 1 heterocycles. The number of oxazole rings is 1. The average Bonchev–Trinajstić information content (AvgIpc) is 3.13. The summed E-state index contributed by atoms with van der Waals surface area (Å²) in [5, 5.41) is 3.34. The largest absolute Gasteiger partial charge is 0.456 e. The number of carbonyl (C=O) groups excluding carboxylic acids is 2. The van der Waals surface area contributed by atoms with Gasteiger partial charge in [0, 0.05) is 27.7 Å². The molecule has 3 aromatic rings. The molecule has 0 saturated heterocycles. The minimum Gasteiger partial charge on any atom is -0.456 e. The van der Waals surface area contributed by atoms with E-state index in [1.54, 1.807) is 24.4 Å². The Morgan fingerprint density at radius 3 is 2.48 bits per heavy atom. The van der Waals surface area contributed by atoms with E-state index >= 15 is 0 Å². The molecular weight excluding hydrogens is 415 g/mol. The molecule has 0 saturated carbocycles. The molecule has 3 rings (SSSR count). The number of ether oxygens (including phenoxy) is 1. The first-order valence-corrected chi connectivity index (χ1v) is 9.58. The number of halogens is 2. The van der Waals surface area contributed by atoms with Crippen LogP contribution in [0.2, 0.25) is 10.0 Å². The molecule has 0 aliphatic rings. The Kier molecular flexibility index (Phi) is 6.90. The van der Waals surface area contributed by atoms with Gasteiger partial charge in [0.15, 0.2) is 18.3 Å². The second kappa shape index (κ2) is 9.58. The van der Waals surface area contributed by atoms with E-state index < -0.39 is 18.5 Å². The summed E-state index contributed by atoms with van der Waals surface area (Å²) in [7, 11) is 0. The van der Waals surface area contributed by atoms with Gasteiger partial charge in [0.05, 0.1) is 12.6 Å². The van der Waals surface area contributed by atoms with Crippen molar-refractivity contribution in [1.29, 1.82) is 0 Å². The third-order valence-corrected chi connectivity index (χ3v) is 4.38. The molecule has 29 heavy (non-hydrogen) atoms. The maximum Gasteiger partial charge on any atom is 0.306 e. The van der Waals surface area contributed by atoms with Crippen molar-refractivity contribution in [3.05, 3.63) is 70.2 Å². The number of nitrogens with zero attached hydrogens (tertiary/aromatic N) is 1. The van der Waals surface area contributed by atoms with Crippen LogP contribution in [0.4, 0.5) is 5.69 Å². The molecule has 2 aromatic carbocycles. The van der Waals surface area contributed by atoms with Crippen LogP contribution < -0.4 is 5.32 Å². The zero-order valence-corrected chi connectivity index (χ0v) is 17.1. The number of hydrogen-bond donors (Lipinski definition) is 1. The second-order valence-corrected chi connectivity index (χ2v) is 7.22. The van der Waals surface area contributed by atoms with E-state index in [1.807, 2.05) is 31.2 Å². The minimum absolute atomic E-state index is 0.0458. The van der Waals surface area contributed by atoms with Crippen LogP contribution in [0, 0.1) is 6.92 Å². The molecular formula is C21H18Cl2N2O4. The van der Waals surface area contributed by atoms with Crippen LogP contribution in [0.1, 0.15) is 17.9 Å². The van der Waals surface area contributed by atoms with Gasteiger partial charge in [-0.2, -0.15) is 0 Å². The Labute approximate surface area is 177 Å². The zero-order chi connectivity index (χ0) is 20.8. The number of benzene rings is 2. The van der Waals surface area contributed by atoms with Crippen LogP contribution >= 0.6 is 23.2 Å². The summed E-state index contributed by atoms with van der Waals surface area (Å²) in [6, 6.07) is 12.5. The molecule has 1 amide bonds. The van der Waals surface area contributed by atoms with Gasteiger partial charge in [0.25, 0.3) is 5.91 Å². The fourth-order valence-electron chi connectivity index (χ4n) is 2.53. The van der Waals surface area contributed by atoms with Gasteiger partial charge in [-0.05, 0) is 25.1 Å². The SMILES string of the molecule is Cc1ccc(-c2cnc(CCC(=O)OCC(=O)Nc3cc(Cl)cc(Cl)c3)o2)cc1. The van der Waals surface area contributed by atoms with Gasteiger partial charge in [-0.15, -0.1) is 0 Å². The number of aromatic nitrogens is 1. The Hall–Kier alpha value is -2.83. The van der Waals surface area contributed by atoms with Crippen molar-refractivity contribution in [3.8, 4) is 11.3 Å². The molecule has 0 fully saturated rings. The molecule has 0 aliphatic heterocycles. The number of esters is 1. The highest BCUT2D eigenvalue weighted by atomic mass is 35.5. The van der Waals surface area contributed by atoms with Crippen LogP contribution in [-0.4, -0.2) is 23.5 Å². The first-order valence-electron chi connectivity index (χ1n) is 8.82. The highest BCUT2D eigenvalue weighted by molar-refractivity contribution is 6.35. The van der Waals surface area contributed by atoms with Crippen molar-refractivity contribution in [2.45, 2.75) is 19.8 Å². The van der Waals surface area contributed by atoms with Crippen molar-refractivity contribution in [2.24, 2.45) is 0 Å². The number of hydrogen-bond acceptors (Lipinski definition) is 5. The normalized spacial score (nSPS) is 10.6. The predicted octanol–water partition coefficient (Wildman–Crippen LogP) is 5.07. The molecule has 0 atom stereocenters. The molecule has 150 valence electrons. The van der Waals surface area contributed by atoms with E-state index in [0.29, 0.717) is 27.4 Å². The number of carbonyl (C=O) groups is 2. The van der Waals surface area contributed by atoms with E-state index in [4.69, 9.17) is 32.4 Å². The van der Waals surface area contributed by atoms with Gasteiger partial charge >= 0.3 is 5.97 Å². The van der Waals surface area contributed by atoms with E-state index in [1.165, 1.54) is 0 Å². The van der Waals surface area contributed by atoms with Crippen molar-refractivity contribution in [1.82, 2.24) is 4.98 Å². The number of rotatable bonds is 7. The molecule has 1 aromatic heterocycles. The van der Waals surface area contributed by atoms with Crippen LogP contribution in [-0.2, 0) is 20.7 Å².